The van der Waals surface area contributed by atoms with Crippen LogP contribution in [0.2, 0.25) is 0 Å². The molecule has 110 valence electrons. The average molecular weight is 270 g/mol. The van der Waals surface area contributed by atoms with Crippen LogP contribution in [0.1, 0.15) is 38.5 Å². The molecule has 2 rings (SSSR count). The summed E-state index contributed by atoms with van der Waals surface area (Å²) in [5.74, 6) is 0.0723. The minimum atomic E-state index is 0.0723. The van der Waals surface area contributed by atoms with Crippen LogP contribution in [0, 0.1) is 0 Å². The molecule has 0 saturated carbocycles. The van der Waals surface area contributed by atoms with Crippen LogP contribution in [-0.4, -0.2) is 51.0 Å². The Morgan fingerprint density at radius 1 is 1.26 bits per heavy atom. The first-order chi connectivity index (χ1) is 9.34. The number of carbonyl (C=O) groups is 1. The van der Waals surface area contributed by atoms with E-state index in [4.69, 9.17) is 9.47 Å². The van der Waals surface area contributed by atoms with Crippen molar-refractivity contribution >= 4 is 5.91 Å². The molecule has 5 heteroatoms. The zero-order valence-corrected chi connectivity index (χ0v) is 11.7. The highest BCUT2D eigenvalue weighted by molar-refractivity contribution is 5.75. The SMILES string of the molecule is O=C(CCOC1CCNCC1)NCC1CCCCO1. The van der Waals surface area contributed by atoms with E-state index < -0.39 is 0 Å². The molecule has 0 bridgehead atoms. The average Bonchev–Trinajstić information content (AvgIpc) is 2.47. The highest BCUT2D eigenvalue weighted by Gasteiger charge is 2.16. The molecule has 1 amide bonds. The summed E-state index contributed by atoms with van der Waals surface area (Å²) in [5, 5.41) is 6.23. The van der Waals surface area contributed by atoms with Gasteiger partial charge in [-0.05, 0) is 45.2 Å². The lowest BCUT2D eigenvalue weighted by Crippen LogP contribution is -2.36. The molecule has 2 aliphatic rings. The number of hydrogen-bond acceptors (Lipinski definition) is 4. The number of ether oxygens (including phenoxy) is 2. The van der Waals surface area contributed by atoms with Crippen LogP contribution in [-0.2, 0) is 14.3 Å². The van der Waals surface area contributed by atoms with Gasteiger partial charge >= 0.3 is 0 Å². The first-order valence-corrected chi connectivity index (χ1v) is 7.55. The summed E-state index contributed by atoms with van der Waals surface area (Å²) in [5.41, 5.74) is 0. The summed E-state index contributed by atoms with van der Waals surface area (Å²) < 4.78 is 11.3. The van der Waals surface area contributed by atoms with Gasteiger partial charge in [-0.25, -0.2) is 0 Å². The molecular formula is C14H26N2O3. The fraction of sp³-hybridized carbons (Fsp3) is 0.929. The zero-order valence-electron chi connectivity index (χ0n) is 11.7. The summed E-state index contributed by atoms with van der Waals surface area (Å²) >= 11 is 0. The first-order valence-electron chi connectivity index (χ1n) is 7.55. The molecule has 0 aromatic carbocycles. The van der Waals surface area contributed by atoms with E-state index in [1.54, 1.807) is 0 Å². The van der Waals surface area contributed by atoms with E-state index in [0.717, 1.165) is 45.4 Å². The third-order valence-corrected chi connectivity index (χ3v) is 3.77. The maximum absolute atomic E-state index is 11.7. The Labute approximate surface area is 115 Å². The summed E-state index contributed by atoms with van der Waals surface area (Å²) in [6.07, 6.45) is 6.52. The highest BCUT2D eigenvalue weighted by atomic mass is 16.5. The Hall–Kier alpha value is -0.650. The van der Waals surface area contributed by atoms with E-state index in [9.17, 15) is 4.79 Å². The third kappa shape index (κ3) is 5.89. The second kappa shape index (κ2) is 8.51. The molecule has 2 saturated heterocycles. The molecule has 0 aromatic heterocycles. The summed E-state index contributed by atoms with van der Waals surface area (Å²) in [7, 11) is 0. The van der Waals surface area contributed by atoms with Gasteiger partial charge in [0.15, 0.2) is 0 Å². The Bertz CT molecular complexity index is 261. The van der Waals surface area contributed by atoms with Gasteiger partial charge in [-0.2, -0.15) is 0 Å². The largest absolute Gasteiger partial charge is 0.378 e. The van der Waals surface area contributed by atoms with Crippen molar-refractivity contribution in [3.63, 3.8) is 0 Å². The van der Waals surface area contributed by atoms with Gasteiger partial charge < -0.3 is 20.1 Å². The van der Waals surface area contributed by atoms with Crippen LogP contribution in [0.5, 0.6) is 0 Å². The van der Waals surface area contributed by atoms with Gasteiger partial charge in [0.2, 0.25) is 5.91 Å². The van der Waals surface area contributed by atoms with E-state index in [-0.39, 0.29) is 12.0 Å². The van der Waals surface area contributed by atoms with E-state index in [0.29, 0.717) is 25.7 Å². The number of rotatable bonds is 6. The van der Waals surface area contributed by atoms with Crippen molar-refractivity contribution in [3.8, 4) is 0 Å². The van der Waals surface area contributed by atoms with Crippen molar-refractivity contribution < 1.29 is 14.3 Å². The van der Waals surface area contributed by atoms with Crippen LogP contribution in [0.25, 0.3) is 0 Å². The van der Waals surface area contributed by atoms with Gasteiger partial charge in [0.1, 0.15) is 0 Å². The van der Waals surface area contributed by atoms with Crippen molar-refractivity contribution in [3.05, 3.63) is 0 Å². The van der Waals surface area contributed by atoms with Crippen LogP contribution >= 0.6 is 0 Å². The van der Waals surface area contributed by atoms with Crippen LogP contribution in [0.15, 0.2) is 0 Å². The van der Waals surface area contributed by atoms with E-state index in [1.807, 2.05) is 0 Å². The van der Waals surface area contributed by atoms with E-state index in [2.05, 4.69) is 10.6 Å². The molecule has 1 atom stereocenters. The van der Waals surface area contributed by atoms with Crippen molar-refractivity contribution in [2.75, 3.05) is 32.8 Å². The minimum Gasteiger partial charge on any atom is -0.378 e. The minimum absolute atomic E-state index is 0.0723. The molecule has 0 aromatic rings. The molecule has 5 nitrogen and oxygen atoms in total. The molecule has 2 aliphatic heterocycles. The quantitative estimate of drug-likeness (QED) is 0.750. The maximum atomic E-state index is 11.7. The molecule has 0 aliphatic carbocycles. The molecule has 0 spiro atoms. The number of piperidine rings is 1. The fourth-order valence-corrected chi connectivity index (χ4v) is 2.56. The summed E-state index contributed by atoms with van der Waals surface area (Å²) in [6.45, 7) is 4.05. The van der Waals surface area contributed by atoms with Gasteiger partial charge in [0.25, 0.3) is 0 Å². The number of hydrogen-bond donors (Lipinski definition) is 2. The van der Waals surface area contributed by atoms with Crippen molar-refractivity contribution in [2.24, 2.45) is 0 Å². The highest BCUT2D eigenvalue weighted by Crippen LogP contribution is 2.11. The normalized spacial score (nSPS) is 25.2. The van der Waals surface area contributed by atoms with Gasteiger partial charge in [0.05, 0.1) is 18.8 Å². The second-order valence-corrected chi connectivity index (χ2v) is 5.36. The Kier molecular flexibility index (Phi) is 6.61. The predicted octanol–water partition coefficient (Wildman–Crippen LogP) is 0.830. The Balaban J connectivity index is 1.49. The predicted molar refractivity (Wildman–Crippen MR) is 73.1 cm³/mol. The number of carbonyl (C=O) groups excluding carboxylic acids is 1. The molecule has 0 radical (unpaired) electrons. The van der Waals surface area contributed by atoms with E-state index in [1.165, 1.54) is 6.42 Å². The van der Waals surface area contributed by atoms with Crippen LogP contribution < -0.4 is 10.6 Å². The Morgan fingerprint density at radius 2 is 2.11 bits per heavy atom. The number of amides is 1. The van der Waals surface area contributed by atoms with Gasteiger partial charge in [-0.3, -0.25) is 4.79 Å². The summed E-state index contributed by atoms with van der Waals surface area (Å²) in [6, 6.07) is 0. The van der Waals surface area contributed by atoms with Gasteiger partial charge in [0, 0.05) is 19.6 Å². The van der Waals surface area contributed by atoms with Crippen LogP contribution in [0.4, 0.5) is 0 Å². The monoisotopic (exact) mass is 270 g/mol. The van der Waals surface area contributed by atoms with Gasteiger partial charge in [-0.1, -0.05) is 0 Å². The lowest BCUT2D eigenvalue weighted by molar-refractivity contribution is -0.123. The zero-order chi connectivity index (χ0) is 13.3. The summed E-state index contributed by atoms with van der Waals surface area (Å²) in [4.78, 5) is 11.7. The molecule has 2 heterocycles. The standard InChI is InChI=1S/C14H26N2O3/c17-14(16-11-13-3-1-2-9-18-13)6-10-19-12-4-7-15-8-5-12/h12-13,15H,1-11H2,(H,16,17). The fourth-order valence-electron chi connectivity index (χ4n) is 2.56. The van der Waals surface area contributed by atoms with E-state index >= 15 is 0 Å². The second-order valence-electron chi connectivity index (χ2n) is 5.36. The topological polar surface area (TPSA) is 59.6 Å². The Morgan fingerprint density at radius 3 is 2.84 bits per heavy atom. The molecule has 1 unspecified atom stereocenters. The maximum Gasteiger partial charge on any atom is 0.222 e. The first kappa shape index (κ1) is 14.8. The number of nitrogens with one attached hydrogen (secondary N) is 2. The van der Waals surface area contributed by atoms with Crippen molar-refractivity contribution in [1.82, 2.24) is 10.6 Å². The van der Waals surface area contributed by atoms with Crippen molar-refractivity contribution in [2.45, 2.75) is 50.7 Å². The lowest BCUT2D eigenvalue weighted by atomic mass is 10.1. The molecule has 19 heavy (non-hydrogen) atoms. The molecular weight excluding hydrogens is 244 g/mol. The molecule has 2 fully saturated rings. The smallest absolute Gasteiger partial charge is 0.222 e. The van der Waals surface area contributed by atoms with Gasteiger partial charge in [-0.15, -0.1) is 0 Å². The lowest BCUT2D eigenvalue weighted by Gasteiger charge is -2.23. The third-order valence-electron chi connectivity index (χ3n) is 3.77. The van der Waals surface area contributed by atoms with Crippen LogP contribution in [0.3, 0.4) is 0 Å². The molecule has 2 N–H and O–H groups in total. The van der Waals surface area contributed by atoms with Crippen molar-refractivity contribution in [1.29, 1.82) is 0 Å².